The number of nitrogens with zero attached hydrogens (tertiary/aromatic N) is 3. The maximum absolute atomic E-state index is 14.3. The maximum Gasteiger partial charge on any atom is 0.289 e. The van der Waals surface area contributed by atoms with Crippen LogP contribution in [0.3, 0.4) is 0 Å². The van der Waals surface area contributed by atoms with Gasteiger partial charge in [-0.2, -0.15) is 0 Å². The molecule has 2 aliphatic rings. The van der Waals surface area contributed by atoms with Crippen molar-refractivity contribution >= 4 is 35.3 Å². The van der Waals surface area contributed by atoms with Crippen LogP contribution in [0.1, 0.15) is 98.0 Å². The van der Waals surface area contributed by atoms with Crippen LogP contribution < -0.4 is 21.3 Å². The molecule has 13 nitrogen and oxygen atoms in total. The normalized spacial score (nSPS) is 22.2. The minimum Gasteiger partial charge on any atom is -0.347 e. The highest BCUT2D eigenvalue weighted by Gasteiger charge is 2.48. The van der Waals surface area contributed by atoms with Crippen LogP contribution in [0, 0.1) is 23.2 Å². The van der Waals surface area contributed by atoms with Crippen LogP contribution in [-0.2, 0) is 24.0 Å². The van der Waals surface area contributed by atoms with Gasteiger partial charge in [0.25, 0.3) is 11.8 Å². The van der Waals surface area contributed by atoms with Gasteiger partial charge < -0.3 is 26.2 Å². The third-order valence-electron chi connectivity index (χ3n) is 9.09. The molecule has 1 aromatic rings. The number of nitrogens with one attached hydrogen (secondary N) is 4. The number of hydrogen-bond acceptors (Lipinski definition) is 8. The molecule has 13 heteroatoms. The Hall–Kier alpha value is -3.90. The first-order chi connectivity index (χ1) is 21.6. The van der Waals surface area contributed by atoms with E-state index in [9.17, 15) is 28.8 Å². The van der Waals surface area contributed by atoms with Crippen molar-refractivity contribution < 1.29 is 28.8 Å². The van der Waals surface area contributed by atoms with Crippen LogP contribution in [0.2, 0.25) is 0 Å². The molecule has 5 amide bonds. The minimum absolute atomic E-state index is 0.00281. The molecule has 2 heterocycles. The SMILES string of the molecule is CCC[C@H](NC(=O)[C@@H]1[C@@H](C)[C@@H](C)CN1C(=O)[C@@H](NC(=O)[C@@H](NC(=O)c1cnccn1)C(C)CC)C(C)(C)C)C(=O)C(=O)NC1CC1. The Morgan fingerprint density at radius 2 is 1.67 bits per heavy atom. The third-order valence-corrected chi connectivity index (χ3v) is 9.09. The van der Waals surface area contributed by atoms with E-state index in [1.807, 2.05) is 55.4 Å². The van der Waals surface area contributed by atoms with Gasteiger partial charge in [0.05, 0.1) is 12.2 Å². The van der Waals surface area contributed by atoms with E-state index in [0.717, 1.165) is 12.8 Å². The lowest BCUT2D eigenvalue weighted by Gasteiger charge is -2.37. The quantitative estimate of drug-likeness (QED) is 0.222. The second-order valence-electron chi connectivity index (χ2n) is 14.0. The molecule has 0 aromatic carbocycles. The highest BCUT2D eigenvalue weighted by atomic mass is 16.2. The molecule has 1 aromatic heterocycles. The van der Waals surface area contributed by atoms with Crippen molar-refractivity contribution in [1.82, 2.24) is 36.1 Å². The van der Waals surface area contributed by atoms with Gasteiger partial charge in [-0.05, 0) is 42.4 Å². The lowest BCUT2D eigenvalue weighted by molar-refractivity contribution is -0.146. The zero-order valence-electron chi connectivity index (χ0n) is 28.4. The fourth-order valence-corrected chi connectivity index (χ4v) is 5.63. The van der Waals surface area contributed by atoms with Crippen LogP contribution in [-0.4, -0.2) is 86.9 Å². The molecule has 7 atom stereocenters. The van der Waals surface area contributed by atoms with Gasteiger partial charge in [0.2, 0.25) is 23.5 Å². The van der Waals surface area contributed by atoms with Crippen LogP contribution in [0.15, 0.2) is 18.6 Å². The van der Waals surface area contributed by atoms with E-state index in [2.05, 4.69) is 31.2 Å². The van der Waals surface area contributed by atoms with E-state index in [4.69, 9.17) is 0 Å². The Morgan fingerprint density at radius 1 is 1.00 bits per heavy atom. The van der Waals surface area contributed by atoms with Gasteiger partial charge in [0, 0.05) is 25.0 Å². The molecule has 0 bridgehead atoms. The Kier molecular flexibility index (Phi) is 12.4. The standard InChI is InChI=1S/C33H51N7O6/c1-9-11-22(26(41)31(45)36-21-12-13-21)37-30(44)25-20(5)19(4)17-40(25)32(46)27(33(6,7)8)39-29(43)24(18(3)10-2)38-28(42)23-16-34-14-15-35-23/h14-16,18-22,24-25,27H,9-13,17H2,1-8H3,(H,36,45)(H,37,44)(H,38,42)(H,39,43)/t18?,19-,20-,22-,24-,25-,27+/m0/s1. The summed E-state index contributed by atoms with van der Waals surface area (Å²) >= 11 is 0. The number of likely N-dealkylation sites (tertiary alicyclic amines) is 1. The summed E-state index contributed by atoms with van der Waals surface area (Å²) in [4.78, 5) is 89.8. The zero-order chi connectivity index (χ0) is 34.3. The van der Waals surface area contributed by atoms with E-state index in [1.54, 1.807) is 0 Å². The van der Waals surface area contributed by atoms with Crippen molar-refractivity contribution in [1.29, 1.82) is 0 Å². The summed E-state index contributed by atoms with van der Waals surface area (Å²) in [5, 5.41) is 11.1. The van der Waals surface area contributed by atoms with Gasteiger partial charge >= 0.3 is 0 Å². The molecule has 0 radical (unpaired) electrons. The summed E-state index contributed by atoms with van der Waals surface area (Å²) in [5.41, 5.74) is -0.704. The number of rotatable bonds is 14. The fourth-order valence-electron chi connectivity index (χ4n) is 5.63. The molecule has 1 aliphatic carbocycles. The molecule has 46 heavy (non-hydrogen) atoms. The van der Waals surface area contributed by atoms with Gasteiger partial charge in [-0.1, -0.05) is 68.2 Å². The number of carbonyl (C=O) groups excluding carboxylic acids is 6. The molecule has 3 rings (SSSR count). The second kappa shape index (κ2) is 15.6. The number of hydrogen-bond donors (Lipinski definition) is 4. The number of carbonyl (C=O) groups is 6. The van der Waals surface area contributed by atoms with Crippen LogP contribution in [0.5, 0.6) is 0 Å². The lowest BCUT2D eigenvalue weighted by Crippen LogP contribution is -2.62. The topological polar surface area (TPSA) is 180 Å². The summed E-state index contributed by atoms with van der Waals surface area (Å²) in [7, 11) is 0. The summed E-state index contributed by atoms with van der Waals surface area (Å²) in [6.45, 7) is 15.1. The molecule has 1 saturated heterocycles. The Labute approximate surface area is 271 Å². The Bertz CT molecular complexity index is 1280. The summed E-state index contributed by atoms with van der Waals surface area (Å²) in [5.74, 6) is -4.02. The largest absolute Gasteiger partial charge is 0.347 e. The van der Waals surface area contributed by atoms with Crippen molar-refractivity contribution in [2.24, 2.45) is 23.2 Å². The van der Waals surface area contributed by atoms with Crippen molar-refractivity contribution in [3.05, 3.63) is 24.3 Å². The summed E-state index contributed by atoms with van der Waals surface area (Å²) < 4.78 is 0. The van der Waals surface area contributed by atoms with Crippen LogP contribution in [0.4, 0.5) is 0 Å². The van der Waals surface area contributed by atoms with Gasteiger partial charge in [0.15, 0.2) is 0 Å². The number of amides is 5. The molecule has 0 spiro atoms. The lowest BCUT2D eigenvalue weighted by atomic mass is 9.84. The monoisotopic (exact) mass is 641 g/mol. The van der Waals surface area contributed by atoms with Crippen molar-refractivity contribution in [2.75, 3.05) is 6.54 Å². The van der Waals surface area contributed by atoms with E-state index in [1.165, 1.54) is 23.5 Å². The van der Waals surface area contributed by atoms with Crippen molar-refractivity contribution in [2.45, 2.75) is 118 Å². The number of ketones is 1. The maximum atomic E-state index is 14.3. The Morgan fingerprint density at radius 3 is 2.22 bits per heavy atom. The van der Waals surface area contributed by atoms with Gasteiger partial charge in [-0.15, -0.1) is 0 Å². The first-order valence-electron chi connectivity index (χ1n) is 16.4. The highest BCUT2D eigenvalue weighted by Crippen LogP contribution is 2.33. The molecule has 1 unspecified atom stereocenters. The zero-order valence-corrected chi connectivity index (χ0v) is 28.4. The molecular weight excluding hydrogens is 590 g/mol. The first kappa shape index (κ1) is 36.6. The molecule has 254 valence electrons. The van der Waals surface area contributed by atoms with E-state index in [-0.39, 0.29) is 42.5 Å². The van der Waals surface area contributed by atoms with Gasteiger partial charge in [0.1, 0.15) is 23.8 Å². The predicted octanol–water partition coefficient (Wildman–Crippen LogP) is 1.77. The highest BCUT2D eigenvalue weighted by molar-refractivity contribution is 6.38. The molecule has 4 N–H and O–H groups in total. The average molecular weight is 642 g/mol. The van der Waals surface area contributed by atoms with E-state index < -0.39 is 64.9 Å². The summed E-state index contributed by atoms with van der Waals surface area (Å²) in [6, 6.07) is -3.92. The minimum atomic E-state index is -1.04. The first-order valence-corrected chi connectivity index (χ1v) is 16.4. The van der Waals surface area contributed by atoms with Gasteiger partial charge in [-0.3, -0.25) is 33.8 Å². The third kappa shape index (κ3) is 9.10. The van der Waals surface area contributed by atoms with Gasteiger partial charge in [-0.25, -0.2) is 4.98 Å². The number of Topliss-reactive ketones (excluding diaryl/α,β-unsaturated/α-hetero) is 1. The molecule has 2 fully saturated rings. The average Bonchev–Trinajstić information content (AvgIpc) is 3.78. The number of aromatic nitrogens is 2. The van der Waals surface area contributed by atoms with Crippen molar-refractivity contribution in [3.8, 4) is 0 Å². The fraction of sp³-hybridized carbons (Fsp3) is 0.697. The van der Waals surface area contributed by atoms with Crippen LogP contribution >= 0.6 is 0 Å². The smallest absolute Gasteiger partial charge is 0.289 e. The second-order valence-corrected chi connectivity index (χ2v) is 14.0. The van der Waals surface area contributed by atoms with Crippen molar-refractivity contribution in [3.63, 3.8) is 0 Å². The molecular formula is C33H51N7O6. The van der Waals surface area contributed by atoms with E-state index in [0.29, 0.717) is 12.8 Å². The van der Waals surface area contributed by atoms with Crippen LogP contribution in [0.25, 0.3) is 0 Å². The molecule has 1 saturated carbocycles. The van der Waals surface area contributed by atoms with E-state index >= 15 is 0 Å². The summed E-state index contributed by atoms with van der Waals surface area (Å²) in [6.07, 6.45) is 7.22. The molecule has 1 aliphatic heterocycles. The Balaban J connectivity index is 1.83. The predicted molar refractivity (Wildman–Crippen MR) is 171 cm³/mol.